The Hall–Kier alpha value is -1.86. The van der Waals surface area contributed by atoms with Gasteiger partial charge in [-0.05, 0) is 18.4 Å². The molecular weight excluding hydrogens is 228 g/mol. The summed E-state index contributed by atoms with van der Waals surface area (Å²) in [5.74, 6) is -0.954. The van der Waals surface area contributed by atoms with Crippen molar-refractivity contribution >= 4 is 5.91 Å². The number of amides is 1. The highest BCUT2D eigenvalue weighted by molar-refractivity contribution is 5.81. The molecule has 0 aliphatic carbocycles. The SMILES string of the molecule is CCC(C#N)C(=O)NC(CO)Cc1ccccc1. The summed E-state index contributed by atoms with van der Waals surface area (Å²) < 4.78 is 0. The number of benzene rings is 1. The Kier molecular flexibility index (Phi) is 5.89. The third-order valence-corrected chi connectivity index (χ3v) is 2.77. The Balaban J connectivity index is 2.58. The van der Waals surface area contributed by atoms with Crippen molar-refractivity contribution in [3.8, 4) is 6.07 Å². The fraction of sp³-hybridized carbons (Fsp3) is 0.429. The van der Waals surface area contributed by atoms with Crippen molar-refractivity contribution in [2.24, 2.45) is 5.92 Å². The molecule has 0 saturated carbocycles. The van der Waals surface area contributed by atoms with E-state index in [1.54, 1.807) is 6.92 Å². The van der Waals surface area contributed by atoms with E-state index in [1.807, 2.05) is 36.4 Å². The number of nitriles is 1. The molecule has 4 heteroatoms. The van der Waals surface area contributed by atoms with E-state index in [0.717, 1.165) is 5.56 Å². The van der Waals surface area contributed by atoms with Crippen LogP contribution in [0.4, 0.5) is 0 Å². The largest absolute Gasteiger partial charge is 0.394 e. The minimum atomic E-state index is -0.644. The second-order valence-corrected chi connectivity index (χ2v) is 4.17. The lowest BCUT2D eigenvalue weighted by molar-refractivity contribution is -0.124. The topological polar surface area (TPSA) is 73.1 Å². The molecule has 0 fully saturated rings. The minimum Gasteiger partial charge on any atom is -0.394 e. The summed E-state index contributed by atoms with van der Waals surface area (Å²) in [7, 11) is 0. The molecule has 96 valence electrons. The van der Waals surface area contributed by atoms with Crippen LogP contribution in [-0.2, 0) is 11.2 Å². The van der Waals surface area contributed by atoms with Gasteiger partial charge in [0, 0.05) is 0 Å². The summed E-state index contributed by atoms with van der Waals surface area (Å²) in [6.45, 7) is 1.65. The lowest BCUT2D eigenvalue weighted by Crippen LogP contribution is -2.41. The zero-order chi connectivity index (χ0) is 13.4. The molecule has 1 rings (SSSR count). The van der Waals surface area contributed by atoms with Gasteiger partial charge < -0.3 is 10.4 Å². The second-order valence-electron chi connectivity index (χ2n) is 4.17. The van der Waals surface area contributed by atoms with Gasteiger partial charge in [-0.3, -0.25) is 4.79 Å². The molecule has 2 unspecified atom stereocenters. The van der Waals surface area contributed by atoms with Crippen LogP contribution in [-0.4, -0.2) is 23.7 Å². The van der Waals surface area contributed by atoms with Gasteiger partial charge in [-0.2, -0.15) is 5.26 Å². The Morgan fingerprint density at radius 2 is 2.11 bits per heavy atom. The van der Waals surface area contributed by atoms with Crippen molar-refractivity contribution in [1.82, 2.24) is 5.32 Å². The highest BCUT2D eigenvalue weighted by Crippen LogP contribution is 2.05. The first-order chi connectivity index (χ1) is 8.71. The van der Waals surface area contributed by atoms with Crippen LogP contribution in [0, 0.1) is 17.2 Å². The normalized spacial score (nSPS) is 13.4. The standard InChI is InChI=1S/C14H18N2O2/c1-2-12(9-15)14(18)16-13(10-17)8-11-6-4-3-5-7-11/h3-7,12-13,17H,2,8,10H2,1H3,(H,16,18). The molecule has 0 bridgehead atoms. The van der Waals surface area contributed by atoms with Crippen LogP contribution in [0.15, 0.2) is 30.3 Å². The first kappa shape index (κ1) is 14.2. The Morgan fingerprint density at radius 1 is 1.44 bits per heavy atom. The zero-order valence-corrected chi connectivity index (χ0v) is 10.5. The molecule has 1 amide bonds. The number of hydrogen-bond donors (Lipinski definition) is 2. The lowest BCUT2D eigenvalue weighted by atomic mass is 10.0. The smallest absolute Gasteiger partial charge is 0.237 e. The van der Waals surface area contributed by atoms with Gasteiger partial charge in [0.25, 0.3) is 0 Å². The minimum absolute atomic E-state index is 0.136. The summed E-state index contributed by atoms with van der Waals surface area (Å²) in [5.41, 5.74) is 1.04. The van der Waals surface area contributed by atoms with Gasteiger partial charge in [-0.15, -0.1) is 0 Å². The maximum absolute atomic E-state index is 11.7. The van der Waals surface area contributed by atoms with Gasteiger partial charge in [0.15, 0.2) is 0 Å². The number of aliphatic hydroxyl groups is 1. The number of nitrogens with one attached hydrogen (secondary N) is 1. The first-order valence-corrected chi connectivity index (χ1v) is 6.06. The second kappa shape index (κ2) is 7.46. The van der Waals surface area contributed by atoms with Crippen LogP contribution in [0.2, 0.25) is 0 Å². The highest BCUT2D eigenvalue weighted by Gasteiger charge is 2.19. The van der Waals surface area contributed by atoms with Gasteiger partial charge in [0.1, 0.15) is 5.92 Å². The molecule has 2 atom stereocenters. The molecular formula is C14H18N2O2. The van der Waals surface area contributed by atoms with Crippen LogP contribution in [0.3, 0.4) is 0 Å². The van der Waals surface area contributed by atoms with Crippen molar-refractivity contribution < 1.29 is 9.90 Å². The van der Waals surface area contributed by atoms with E-state index in [2.05, 4.69) is 5.32 Å². The molecule has 0 spiro atoms. The molecule has 0 heterocycles. The molecule has 0 aliphatic heterocycles. The van der Waals surface area contributed by atoms with Gasteiger partial charge >= 0.3 is 0 Å². The predicted octanol–water partition coefficient (Wildman–Crippen LogP) is 1.26. The maximum Gasteiger partial charge on any atom is 0.237 e. The quantitative estimate of drug-likeness (QED) is 0.793. The van der Waals surface area contributed by atoms with Crippen LogP contribution < -0.4 is 5.32 Å². The number of nitrogens with zero attached hydrogens (tertiary/aromatic N) is 1. The van der Waals surface area contributed by atoms with Gasteiger partial charge in [0.2, 0.25) is 5.91 Å². The third kappa shape index (κ3) is 4.19. The average Bonchev–Trinajstić information content (AvgIpc) is 2.40. The van der Waals surface area contributed by atoms with E-state index in [9.17, 15) is 9.90 Å². The van der Waals surface area contributed by atoms with E-state index >= 15 is 0 Å². The molecule has 0 radical (unpaired) electrons. The van der Waals surface area contributed by atoms with Crippen molar-refractivity contribution in [1.29, 1.82) is 5.26 Å². The predicted molar refractivity (Wildman–Crippen MR) is 68.6 cm³/mol. The van der Waals surface area contributed by atoms with Gasteiger partial charge in [0.05, 0.1) is 18.7 Å². The van der Waals surface area contributed by atoms with E-state index in [0.29, 0.717) is 12.8 Å². The van der Waals surface area contributed by atoms with Crippen LogP contribution >= 0.6 is 0 Å². The Bertz CT molecular complexity index is 412. The van der Waals surface area contributed by atoms with Crippen molar-refractivity contribution in [3.05, 3.63) is 35.9 Å². The summed E-state index contributed by atoms with van der Waals surface area (Å²) in [6.07, 6.45) is 1.04. The van der Waals surface area contributed by atoms with Gasteiger partial charge in [-0.1, -0.05) is 37.3 Å². The van der Waals surface area contributed by atoms with Crippen molar-refractivity contribution in [2.45, 2.75) is 25.8 Å². The third-order valence-electron chi connectivity index (χ3n) is 2.77. The van der Waals surface area contributed by atoms with E-state index in [1.165, 1.54) is 0 Å². The van der Waals surface area contributed by atoms with E-state index in [-0.39, 0.29) is 18.6 Å². The van der Waals surface area contributed by atoms with Crippen LogP contribution in [0.25, 0.3) is 0 Å². The lowest BCUT2D eigenvalue weighted by Gasteiger charge is -2.17. The van der Waals surface area contributed by atoms with Gasteiger partial charge in [-0.25, -0.2) is 0 Å². The Morgan fingerprint density at radius 3 is 2.61 bits per heavy atom. The molecule has 0 aromatic heterocycles. The molecule has 1 aromatic carbocycles. The molecule has 1 aromatic rings. The molecule has 18 heavy (non-hydrogen) atoms. The fourth-order valence-corrected chi connectivity index (χ4v) is 1.70. The van der Waals surface area contributed by atoms with Crippen molar-refractivity contribution in [3.63, 3.8) is 0 Å². The molecule has 4 nitrogen and oxygen atoms in total. The first-order valence-electron chi connectivity index (χ1n) is 6.06. The monoisotopic (exact) mass is 246 g/mol. The summed E-state index contributed by atoms with van der Waals surface area (Å²) in [6, 6.07) is 11.2. The average molecular weight is 246 g/mol. The number of carbonyl (C=O) groups excluding carboxylic acids is 1. The molecule has 0 aliphatic rings. The summed E-state index contributed by atoms with van der Waals surface area (Å²) in [4.78, 5) is 11.7. The Labute approximate surface area is 107 Å². The van der Waals surface area contributed by atoms with Crippen LogP contribution in [0.1, 0.15) is 18.9 Å². The number of aliphatic hydroxyl groups excluding tert-OH is 1. The number of hydrogen-bond acceptors (Lipinski definition) is 3. The number of carbonyl (C=O) groups is 1. The summed E-state index contributed by atoms with van der Waals surface area (Å²) >= 11 is 0. The summed E-state index contributed by atoms with van der Waals surface area (Å²) in [5, 5.41) is 20.8. The fourth-order valence-electron chi connectivity index (χ4n) is 1.70. The van der Waals surface area contributed by atoms with Crippen LogP contribution in [0.5, 0.6) is 0 Å². The number of rotatable bonds is 6. The molecule has 2 N–H and O–H groups in total. The highest BCUT2D eigenvalue weighted by atomic mass is 16.3. The van der Waals surface area contributed by atoms with E-state index < -0.39 is 5.92 Å². The van der Waals surface area contributed by atoms with E-state index in [4.69, 9.17) is 5.26 Å². The van der Waals surface area contributed by atoms with Crippen molar-refractivity contribution in [2.75, 3.05) is 6.61 Å². The zero-order valence-electron chi connectivity index (χ0n) is 10.5. The maximum atomic E-state index is 11.7. The molecule has 0 saturated heterocycles.